The molecule has 0 unspecified atom stereocenters. The molecule has 7 heteroatoms. The van der Waals surface area contributed by atoms with Gasteiger partial charge < -0.3 is 19.7 Å². The lowest BCUT2D eigenvalue weighted by atomic mass is 9.77. The number of hydrogen-bond donors (Lipinski definition) is 1. The van der Waals surface area contributed by atoms with Gasteiger partial charge in [-0.1, -0.05) is 97.1 Å². The van der Waals surface area contributed by atoms with Crippen molar-refractivity contribution < 1.29 is 4.79 Å². The van der Waals surface area contributed by atoms with E-state index in [9.17, 15) is 4.79 Å². The van der Waals surface area contributed by atoms with E-state index in [-0.39, 0.29) is 5.91 Å². The van der Waals surface area contributed by atoms with Crippen molar-refractivity contribution in [2.45, 2.75) is 12.1 Å². The zero-order valence-electron chi connectivity index (χ0n) is 25.0. The number of carbonyl (C=O) groups excluding carboxylic acids is 1. The van der Waals surface area contributed by atoms with E-state index >= 15 is 0 Å². The summed E-state index contributed by atoms with van der Waals surface area (Å²) in [5.41, 5.74) is 6.11. The standard InChI is InChI=1S/C38H35N5OS/c44-37(36-17-10-26-45-36)42-24-22-41(23-25-42)35-20-18-33(19-21-35)39-27-34-28-43(29-40-34)38(30-11-4-1-5-12-30,31-13-6-2-7-14-31)32-15-8-3-9-16-32/h1-21,26,28-29,39H,22-25,27H2. The van der Waals surface area contributed by atoms with Gasteiger partial charge in [0.2, 0.25) is 0 Å². The highest BCUT2D eigenvalue weighted by molar-refractivity contribution is 7.12. The minimum Gasteiger partial charge on any atom is -0.379 e. The van der Waals surface area contributed by atoms with Crippen LogP contribution in [0.3, 0.4) is 0 Å². The molecule has 1 amide bonds. The number of nitrogens with zero attached hydrogens (tertiary/aromatic N) is 4. The maximum absolute atomic E-state index is 12.7. The first kappa shape index (κ1) is 28.6. The van der Waals surface area contributed by atoms with Gasteiger partial charge in [-0.2, -0.15) is 0 Å². The molecule has 2 aromatic heterocycles. The van der Waals surface area contributed by atoms with Crippen LogP contribution >= 0.6 is 11.3 Å². The SMILES string of the molecule is O=C(c1cccs1)N1CCN(c2ccc(NCc3cn(C(c4ccccc4)(c4ccccc4)c4ccccc4)cn3)cc2)CC1. The number of amides is 1. The van der Waals surface area contributed by atoms with Gasteiger partial charge in [-0.15, -0.1) is 11.3 Å². The molecule has 0 radical (unpaired) electrons. The van der Waals surface area contributed by atoms with E-state index in [4.69, 9.17) is 4.98 Å². The number of anilines is 2. The minimum atomic E-state index is -0.574. The van der Waals surface area contributed by atoms with Crippen LogP contribution in [0.4, 0.5) is 11.4 Å². The average Bonchev–Trinajstić information content (AvgIpc) is 3.83. The van der Waals surface area contributed by atoms with Gasteiger partial charge in [-0.05, 0) is 52.4 Å². The Balaban J connectivity index is 1.07. The topological polar surface area (TPSA) is 53.4 Å². The summed E-state index contributed by atoms with van der Waals surface area (Å²) < 4.78 is 2.25. The summed E-state index contributed by atoms with van der Waals surface area (Å²) in [4.78, 5) is 22.7. The third-order valence-corrected chi connectivity index (χ3v) is 9.46. The predicted molar refractivity (Wildman–Crippen MR) is 183 cm³/mol. The molecule has 1 aliphatic rings. The van der Waals surface area contributed by atoms with Gasteiger partial charge in [0.25, 0.3) is 5.91 Å². The van der Waals surface area contributed by atoms with Crippen LogP contribution in [0.2, 0.25) is 0 Å². The molecule has 7 rings (SSSR count). The summed E-state index contributed by atoms with van der Waals surface area (Å²) in [6.45, 7) is 3.72. The number of benzene rings is 4. The Hall–Kier alpha value is -5.14. The van der Waals surface area contributed by atoms with E-state index < -0.39 is 5.54 Å². The lowest BCUT2D eigenvalue weighted by molar-refractivity contribution is 0.0751. The van der Waals surface area contributed by atoms with E-state index in [0.29, 0.717) is 6.54 Å². The van der Waals surface area contributed by atoms with Crippen LogP contribution in [-0.4, -0.2) is 46.5 Å². The van der Waals surface area contributed by atoms with Gasteiger partial charge >= 0.3 is 0 Å². The van der Waals surface area contributed by atoms with Crippen LogP contribution in [0, 0.1) is 0 Å². The molecule has 3 heterocycles. The Morgan fingerprint density at radius 3 is 1.82 bits per heavy atom. The average molecular weight is 610 g/mol. The molecular weight excluding hydrogens is 575 g/mol. The number of aromatic nitrogens is 2. The third kappa shape index (κ3) is 5.75. The highest BCUT2D eigenvalue weighted by Gasteiger charge is 2.38. The lowest BCUT2D eigenvalue weighted by Gasteiger charge is -2.37. The van der Waals surface area contributed by atoms with E-state index in [1.54, 1.807) is 0 Å². The number of nitrogens with one attached hydrogen (secondary N) is 1. The Kier molecular flexibility index (Phi) is 8.17. The normalized spacial score (nSPS) is 13.5. The fraction of sp³-hybridized carbons (Fsp3) is 0.158. The van der Waals surface area contributed by atoms with E-state index in [1.165, 1.54) is 33.7 Å². The van der Waals surface area contributed by atoms with Crippen molar-refractivity contribution in [2.24, 2.45) is 0 Å². The Morgan fingerprint density at radius 2 is 1.29 bits per heavy atom. The highest BCUT2D eigenvalue weighted by Crippen LogP contribution is 2.40. The van der Waals surface area contributed by atoms with Gasteiger partial charge in [-0.25, -0.2) is 4.98 Å². The number of hydrogen-bond acceptors (Lipinski definition) is 5. The first-order valence-electron chi connectivity index (χ1n) is 15.3. The predicted octanol–water partition coefficient (Wildman–Crippen LogP) is 7.36. The smallest absolute Gasteiger partial charge is 0.264 e. The summed E-state index contributed by atoms with van der Waals surface area (Å²) >= 11 is 1.51. The first-order chi connectivity index (χ1) is 22.2. The molecule has 0 bridgehead atoms. The number of thiophene rings is 1. The van der Waals surface area contributed by atoms with Gasteiger partial charge in [0.1, 0.15) is 5.54 Å². The zero-order chi connectivity index (χ0) is 30.5. The van der Waals surface area contributed by atoms with Crippen molar-refractivity contribution in [3.8, 4) is 0 Å². The van der Waals surface area contributed by atoms with Crippen LogP contribution in [0.1, 0.15) is 32.1 Å². The van der Waals surface area contributed by atoms with Crippen molar-refractivity contribution in [2.75, 3.05) is 36.4 Å². The Morgan fingerprint density at radius 1 is 0.711 bits per heavy atom. The maximum atomic E-state index is 12.7. The summed E-state index contributed by atoms with van der Waals surface area (Å²) in [6, 6.07) is 44.4. The maximum Gasteiger partial charge on any atom is 0.264 e. The van der Waals surface area contributed by atoms with Crippen LogP contribution < -0.4 is 10.2 Å². The Bertz CT molecular complexity index is 1720. The van der Waals surface area contributed by atoms with Crippen molar-refractivity contribution in [3.05, 3.63) is 173 Å². The van der Waals surface area contributed by atoms with Crippen LogP contribution in [0.5, 0.6) is 0 Å². The molecule has 1 N–H and O–H groups in total. The third-order valence-electron chi connectivity index (χ3n) is 8.60. The molecule has 1 fully saturated rings. The summed E-state index contributed by atoms with van der Waals surface area (Å²) in [5, 5.41) is 5.52. The van der Waals surface area contributed by atoms with Crippen LogP contribution in [0.15, 0.2) is 145 Å². The molecular formula is C38H35N5OS. The van der Waals surface area contributed by atoms with Crippen molar-refractivity contribution in [1.82, 2.24) is 14.5 Å². The van der Waals surface area contributed by atoms with E-state index in [2.05, 4.69) is 136 Å². The molecule has 1 aliphatic heterocycles. The van der Waals surface area contributed by atoms with E-state index in [0.717, 1.165) is 42.4 Å². The second kappa shape index (κ2) is 12.8. The zero-order valence-corrected chi connectivity index (χ0v) is 25.8. The largest absolute Gasteiger partial charge is 0.379 e. The number of rotatable bonds is 9. The van der Waals surface area contributed by atoms with E-state index in [1.807, 2.05) is 28.7 Å². The van der Waals surface area contributed by atoms with Gasteiger partial charge in [0.15, 0.2) is 0 Å². The molecule has 4 aromatic carbocycles. The molecule has 0 saturated carbocycles. The molecule has 0 aliphatic carbocycles. The number of carbonyl (C=O) groups is 1. The monoisotopic (exact) mass is 609 g/mol. The van der Waals surface area contributed by atoms with Crippen molar-refractivity contribution in [3.63, 3.8) is 0 Å². The second-order valence-electron chi connectivity index (χ2n) is 11.2. The number of imidazole rings is 1. The van der Waals surface area contributed by atoms with Gasteiger partial charge in [-0.3, -0.25) is 4.79 Å². The molecule has 0 spiro atoms. The van der Waals surface area contributed by atoms with Gasteiger partial charge in [0.05, 0.1) is 23.4 Å². The fourth-order valence-corrected chi connectivity index (χ4v) is 7.02. The first-order valence-corrected chi connectivity index (χ1v) is 16.2. The molecule has 45 heavy (non-hydrogen) atoms. The summed E-state index contributed by atoms with van der Waals surface area (Å²) in [6.07, 6.45) is 4.11. The molecule has 6 nitrogen and oxygen atoms in total. The fourth-order valence-electron chi connectivity index (χ4n) is 6.33. The van der Waals surface area contributed by atoms with Crippen molar-refractivity contribution >= 4 is 28.6 Å². The lowest BCUT2D eigenvalue weighted by Crippen LogP contribution is -2.48. The molecule has 6 aromatic rings. The van der Waals surface area contributed by atoms with Gasteiger partial charge in [0, 0.05) is 43.8 Å². The second-order valence-corrected chi connectivity index (χ2v) is 12.2. The number of piperazine rings is 1. The summed E-state index contributed by atoms with van der Waals surface area (Å²) in [7, 11) is 0. The van der Waals surface area contributed by atoms with Crippen molar-refractivity contribution in [1.29, 1.82) is 0 Å². The molecule has 1 saturated heterocycles. The van der Waals surface area contributed by atoms with Crippen LogP contribution in [0.25, 0.3) is 0 Å². The summed E-state index contributed by atoms with van der Waals surface area (Å²) in [5.74, 6) is 0.139. The van der Waals surface area contributed by atoms with Crippen LogP contribution in [-0.2, 0) is 12.1 Å². The minimum absolute atomic E-state index is 0.139. The quantitative estimate of drug-likeness (QED) is 0.174. The Labute approximate surface area is 268 Å². The molecule has 0 atom stereocenters. The molecule has 224 valence electrons. The highest BCUT2D eigenvalue weighted by atomic mass is 32.1.